The molecule has 0 radical (unpaired) electrons. The molecule has 1 aromatic heterocycles. The van der Waals surface area contributed by atoms with Crippen molar-refractivity contribution in [1.29, 1.82) is 0 Å². The molecule has 0 amide bonds. The normalized spacial score (nSPS) is 15.4. The van der Waals surface area contributed by atoms with Crippen molar-refractivity contribution >= 4 is 28.8 Å². The second kappa shape index (κ2) is 5.54. The molecule has 0 saturated carbocycles. The van der Waals surface area contributed by atoms with Crippen LogP contribution < -0.4 is 15.5 Å². The summed E-state index contributed by atoms with van der Waals surface area (Å²) >= 11 is 6.14. The number of nitrogen functional groups attached to an aromatic ring is 1. The minimum absolute atomic E-state index is 0.597. The predicted octanol–water partition coefficient (Wildman–Crippen LogP) is 2.04. The van der Waals surface area contributed by atoms with E-state index in [1.54, 1.807) is 6.20 Å². The number of nitrogens with zero attached hydrogens (tertiary/aromatic N) is 4. The number of benzene rings is 1. The third kappa shape index (κ3) is 2.49. The number of hydrogen-bond donors (Lipinski definition) is 1. The Balaban J connectivity index is 1.72. The molecule has 1 saturated heterocycles. The van der Waals surface area contributed by atoms with Crippen molar-refractivity contribution < 1.29 is 0 Å². The van der Waals surface area contributed by atoms with Crippen LogP contribution in [-0.4, -0.2) is 36.1 Å². The first-order valence-corrected chi connectivity index (χ1v) is 6.93. The maximum Gasteiger partial charge on any atom is 0.150 e. The van der Waals surface area contributed by atoms with E-state index in [1.807, 2.05) is 18.2 Å². The number of rotatable bonds is 2. The van der Waals surface area contributed by atoms with Gasteiger partial charge in [-0.05, 0) is 12.1 Å². The Morgan fingerprint density at radius 1 is 1.05 bits per heavy atom. The molecule has 2 heterocycles. The van der Waals surface area contributed by atoms with Gasteiger partial charge in [0.25, 0.3) is 0 Å². The van der Waals surface area contributed by atoms with Crippen molar-refractivity contribution in [2.75, 3.05) is 41.7 Å². The van der Waals surface area contributed by atoms with Crippen molar-refractivity contribution in [2.45, 2.75) is 0 Å². The average molecular weight is 290 g/mol. The third-order valence-electron chi connectivity index (χ3n) is 3.50. The highest BCUT2D eigenvalue weighted by atomic mass is 35.5. The molecule has 6 heteroatoms. The number of anilines is 3. The highest BCUT2D eigenvalue weighted by molar-refractivity contribution is 6.32. The van der Waals surface area contributed by atoms with Crippen LogP contribution in [0.1, 0.15) is 0 Å². The van der Waals surface area contributed by atoms with E-state index in [1.165, 1.54) is 6.33 Å². The molecule has 0 bridgehead atoms. The molecule has 1 aliphatic heterocycles. The molecular weight excluding hydrogens is 274 g/mol. The lowest BCUT2D eigenvalue weighted by atomic mass is 10.2. The summed E-state index contributed by atoms with van der Waals surface area (Å²) in [7, 11) is 0. The minimum atomic E-state index is 0.597. The van der Waals surface area contributed by atoms with Gasteiger partial charge in [0.05, 0.1) is 17.6 Å². The molecule has 3 rings (SSSR count). The van der Waals surface area contributed by atoms with Gasteiger partial charge >= 0.3 is 0 Å². The first kappa shape index (κ1) is 13.0. The maximum atomic E-state index is 6.14. The van der Waals surface area contributed by atoms with E-state index in [4.69, 9.17) is 17.3 Å². The predicted molar refractivity (Wildman–Crippen MR) is 82.3 cm³/mol. The van der Waals surface area contributed by atoms with Gasteiger partial charge in [0.15, 0.2) is 5.82 Å². The van der Waals surface area contributed by atoms with E-state index in [-0.39, 0.29) is 0 Å². The quantitative estimate of drug-likeness (QED) is 0.858. The van der Waals surface area contributed by atoms with Gasteiger partial charge in [0.1, 0.15) is 11.3 Å². The Morgan fingerprint density at radius 3 is 2.45 bits per heavy atom. The third-order valence-corrected chi connectivity index (χ3v) is 3.77. The van der Waals surface area contributed by atoms with Crippen molar-refractivity contribution in [1.82, 2.24) is 9.97 Å². The highest BCUT2D eigenvalue weighted by Crippen LogP contribution is 2.26. The van der Waals surface area contributed by atoms with Crippen LogP contribution in [-0.2, 0) is 0 Å². The SMILES string of the molecule is Nc1ccccc1N1CCN(c2ncncc2Cl)CC1. The second-order valence-corrected chi connectivity index (χ2v) is 5.13. The number of hydrogen-bond acceptors (Lipinski definition) is 5. The summed E-state index contributed by atoms with van der Waals surface area (Å²) < 4.78 is 0. The Hall–Kier alpha value is -2.01. The first-order chi connectivity index (χ1) is 9.75. The molecule has 1 fully saturated rings. The molecular formula is C14H16ClN5. The van der Waals surface area contributed by atoms with Crippen molar-refractivity contribution in [3.63, 3.8) is 0 Å². The molecule has 0 spiro atoms. The Morgan fingerprint density at radius 2 is 1.75 bits per heavy atom. The Labute approximate surface area is 123 Å². The smallest absolute Gasteiger partial charge is 0.150 e. The van der Waals surface area contributed by atoms with Gasteiger partial charge in [-0.25, -0.2) is 9.97 Å². The maximum absolute atomic E-state index is 6.14. The van der Waals surface area contributed by atoms with E-state index >= 15 is 0 Å². The molecule has 0 atom stereocenters. The molecule has 2 N–H and O–H groups in total. The number of nitrogens with two attached hydrogens (primary N) is 1. The van der Waals surface area contributed by atoms with Gasteiger partial charge in [-0.15, -0.1) is 0 Å². The summed E-state index contributed by atoms with van der Waals surface area (Å²) in [5.41, 5.74) is 7.94. The molecule has 1 aromatic carbocycles. The van der Waals surface area contributed by atoms with Crippen LogP contribution in [0.2, 0.25) is 5.02 Å². The summed E-state index contributed by atoms with van der Waals surface area (Å²) in [6.45, 7) is 3.53. The lowest BCUT2D eigenvalue weighted by Gasteiger charge is -2.37. The largest absolute Gasteiger partial charge is 0.397 e. The number of halogens is 1. The average Bonchev–Trinajstić information content (AvgIpc) is 2.49. The fourth-order valence-corrected chi connectivity index (χ4v) is 2.70. The van der Waals surface area contributed by atoms with Crippen LogP contribution in [0.5, 0.6) is 0 Å². The summed E-state index contributed by atoms with van der Waals surface area (Å²) in [5, 5.41) is 0.597. The molecule has 0 aliphatic carbocycles. The molecule has 104 valence electrons. The van der Waals surface area contributed by atoms with Crippen LogP contribution in [0, 0.1) is 0 Å². The highest BCUT2D eigenvalue weighted by Gasteiger charge is 2.20. The summed E-state index contributed by atoms with van der Waals surface area (Å²) in [6.07, 6.45) is 3.16. The first-order valence-electron chi connectivity index (χ1n) is 6.55. The van der Waals surface area contributed by atoms with Crippen molar-refractivity contribution in [2.24, 2.45) is 0 Å². The fraction of sp³-hybridized carbons (Fsp3) is 0.286. The zero-order chi connectivity index (χ0) is 13.9. The van der Waals surface area contributed by atoms with E-state index in [2.05, 4.69) is 25.8 Å². The minimum Gasteiger partial charge on any atom is -0.397 e. The van der Waals surface area contributed by atoms with E-state index in [9.17, 15) is 0 Å². The monoisotopic (exact) mass is 289 g/mol. The number of aromatic nitrogens is 2. The molecule has 5 nitrogen and oxygen atoms in total. The van der Waals surface area contributed by atoms with Gasteiger partial charge in [-0.1, -0.05) is 23.7 Å². The van der Waals surface area contributed by atoms with Crippen LogP contribution in [0.25, 0.3) is 0 Å². The standard InChI is InChI=1S/C14H16ClN5/c15-11-9-17-10-18-14(11)20-7-5-19(6-8-20)13-4-2-1-3-12(13)16/h1-4,9-10H,5-8,16H2. The van der Waals surface area contributed by atoms with Crippen molar-refractivity contribution in [3.05, 3.63) is 41.8 Å². The van der Waals surface area contributed by atoms with Crippen LogP contribution in [0.3, 0.4) is 0 Å². The molecule has 20 heavy (non-hydrogen) atoms. The molecule has 1 aliphatic rings. The summed E-state index contributed by atoms with van der Waals surface area (Å²) in [6, 6.07) is 7.96. The van der Waals surface area contributed by atoms with Crippen LogP contribution >= 0.6 is 11.6 Å². The van der Waals surface area contributed by atoms with E-state index in [0.29, 0.717) is 5.02 Å². The second-order valence-electron chi connectivity index (χ2n) is 4.73. The lowest BCUT2D eigenvalue weighted by Crippen LogP contribution is -2.47. The topological polar surface area (TPSA) is 58.3 Å². The van der Waals surface area contributed by atoms with Gasteiger partial charge < -0.3 is 15.5 Å². The number of para-hydroxylation sites is 2. The van der Waals surface area contributed by atoms with Crippen LogP contribution in [0.4, 0.5) is 17.2 Å². The van der Waals surface area contributed by atoms with Gasteiger partial charge in [-0.3, -0.25) is 0 Å². The zero-order valence-corrected chi connectivity index (χ0v) is 11.8. The van der Waals surface area contributed by atoms with E-state index in [0.717, 1.165) is 43.4 Å². The summed E-state index contributed by atoms with van der Waals surface area (Å²) in [4.78, 5) is 12.6. The van der Waals surface area contributed by atoms with Crippen LogP contribution in [0.15, 0.2) is 36.8 Å². The Bertz CT molecular complexity index is 542. The fourth-order valence-electron chi connectivity index (χ4n) is 2.47. The zero-order valence-electron chi connectivity index (χ0n) is 11.0. The van der Waals surface area contributed by atoms with Gasteiger partial charge in [-0.2, -0.15) is 0 Å². The molecule has 2 aromatic rings. The number of piperazine rings is 1. The van der Waals surface area contributed by atoms with Crippen molar-refractivity contribution in [3.8, 4) is 0 Å². The summed E-state index contributed by atoms with van der Waals surface area (Å²) in [5.74, 6) is 0.808. The van der Waals surface area contributed by atoms with Gasteiger partial charge in [0, 0.05) is 26.2 Å². The van der Waals surface area contributed by atoms with E-state index < -0.39 is 0 Å². The molecule has 0 unspecified atom stereocenters. The lowest BCUT2D eigenvalue weighted by molar-refractivity contribution is 0.647. The Kier molecular flexibility index (Phi) is 3.60. The van der Waals surface area contributed by atoms with Gasteiger partial charge in [0.2, 0.25) is 0 Å².